The zero-order chi connectivity index (χ0) is 19.6. The molecule has 0 aliphatic carbocycles. The Hall–Kier alpha value is -2.19. The van der Waals surface area contributed by atoms with E-state index in [1.54, 1.807) is 4.90 Å². The van der Waals surface area contributed by atoms with Crippen LogP contribution in [0.2, 0.25) is 0 Å². The number of hydrogen-bond acceptors (Lipinski definition) is 4. The van der Waals surface area contributed by atoms with E-state index >= 15 is 0 Å². The van der Waals surface area contributed by atoms with Crippen molar-refractivity contribution in [1.82, 2.24) is 4.90 Å². The van der Waals surface area contributed by atoms with E-state index in [1.807, 2.05) is 27.7 Å². The Bertz CT molecular complexity index is 733. The minimum absolute atomic E-state index is 0.249. The summed E-state index contributed by atoms with van der Waals surface area (Å²) in [6.45, 7) is 15.1. The molecule has 1 aromatic rings. The zero-order valence-corrected chi connectivity index (χ0v) is 16.9. The van der Waals surface area contributed by atoms with Crippen molar-refractivity contribution < 1.29 is 9.53 Å². The Balaban J connectivity index is 2.25. The summed E-state index contributed by atoms with van der Waals surface area (Å²) in [4.78, 5) is 16.4. The van der Waals surface area contributed by atoms with Crippen LogP contribution in [0.15, 0.2) is 0 Å². The number of amides is 1. The average molecular weight is 357 g/mol. The molecule has 1 fully saturated rings. The number of anilines is 1. The molecule has 1 aliphatic rings. The summed E-state index contributed by atoms with van der Waals surface area (Å²) in [7, 11) is 0. The van der Waals surface area contributed by atoms with Gasteiger partial charge in [-0.2, -0.15) is 0 Å². The second-order valence-electron chi connectivity index (χ2n) is 7.88. The number of benzene rings is 1. The Morgan fingerprint density at radius 3 is 2.15 bits per heavy atom. The van der Waals surface area contributed by atoms with Crippen molar-refractivity contribution in [3.8, 4) is 12.3 Å². The van der Waals surface area contributed by atoms with Crippen LogP contribution in [0.5, 0.6) is 0 Å². The van der Waals surface area contributed by atoms with Gasteiger partial charge in [0.05, 0.1) is 0 Å². The van der Waals surface area contributed by atoms with Gasteiger partial charge in [0.25, 0.3) is 0 Å². The van der Waals surface area contributed by atoms with Crippen LogP contribution in [-0.2, 0) is 11.3 Å². The monoisotopic (exact) mass is 357 g/mol. The summed E-state index contributed by atoms with van der Waals surface area (Å²) in [6.07, 6.45) is 5.52. The van der Waals surface area contributed by atoms with Crippen molar-refractivity contribution in [3.05, 3.63) is 27.8 Å². The first-order valence-electron chi connectivity index (χ1n) is 9.12. The van der Waals surface area contributed by atoms with Gasteiger partial charge in [0.15, 0.2) is 0 Å². The Morgan fingerprint density at radius 2 is 1.69 bits per heavy atom. The van der Waals surface area contributed by atoms with Crippen LogP contribution in [0.4, 0.5) is 10.5 Å². The highest BCUT2D eigenvalue weighted by molar-refractivity contribution is 5.71. The van der Waals surface area contributed by atoms with E-state index in [0.717, 1.165) is 41.0 Å². The molecule has 1 heterocycles. The molecule has 26 heavy (non-hydrogen) atoms. The van der Waals surface area contributed by atoms with Crippen molar-refractivity contribution in [2.45, 2.75) is 53.7 Å². The van der Waals surface area contributed by atoms with Gasteiger partial charge >= 0.3 is 6.09 Å². The first kappa shape index (κ1) is 20.1. The summed E-state index contributed by atoms with van der Waals surface area (Å²) >= 11 is 0. The van der Waals surface area contributed by atoms with E-state index in [4.69, 9.17) is 16.9 Å². The molecule has 5 nitrogen and oxygen atoms in total. The number of hydrogen-bond donors (Lipinski definition) is 1. The normalized spacial score (nSPS) is 15.0. The highest BCUT2D eigenvalue weighted by atomic mass is 16.6. The lowest BCUT2D eigenvalue weighted by Crippen LogP contribution is -2.50. The lowest BCUT2D eigenvalue weighted by atomic mass is 9.90. The molecule has 0 bridgehead atoms. The van der Waals surface area contributed by atoms with Crippen LogP contribution in [-0.4, -0.2) is 42.8 Å². The molecule has 0 radical (unpaired) electrons. The van der Waals surface area contributed by atoms with Gasteiger partial charge in [-0.3, -0.25) is 0 Å². The number of nitrogens with two attached hydrogens (primary N) is 1. The third kappa shape index (κ3) is 3.96. The number of rotatable bonds is 2. The summed E-state index contributed by atoms with van der Waals surface area (Å²) < 4.78 is 5.48. The Kier molecular flexibility index (Phi) is 5.87. The fourth-order valence-corrected chi connectivity index (χ4v) is 3.69. The number of carbonyl (C=O) groups is 1. The minimum atomic E-state index is -0.476. The predicted octanol–water partition coefficient (Wildman–Crippen LogP) is 3.11. The van der Waals surface area contributed by atoms with E-state index in [2.05, 4.69) is 24.7 Å². The van der Waals surface area contributed by atoms with E-state index < -0.39 is 5.60 Å². The van der Waals surface area contributed by atoms with Crippen LogP contribution in [0, 0.1) is 33.1 Å². The topological polar surface area (TPSA) is 58.8 Å². The number of ether oxygens (including phenoxy) is 1. The van der Waals surface area contributed by atoms with Crippen LogP contribution in [0.3, 0.4) is 0 Å². The molecule has 0 atom stereocenters. The molecule has 0 spiro atoms. The van der Waals surface area contributed by atoms with E-state index in [-0.39, 0.29) is 6.09 Å². The third-order valence-electron chi connectivity index (χ3n) is 4.96. The number of nitrogens with zero attached hydrogens (tertiary/aromatic N) is 2. The van der Waals surface area contributed by atoms with Crippen molar-refractivity contribution in [3.63, 3.8) is 0 Å². The highest BCUT2D eigenvalue weighted by Crippen LogP contribution is 2.34. The Labute approximate surface area is 157 Å². The van der Waals surface area contributed by atoms with Crippen LogP contribution < -0.4 is 10.6 Å². The van der Waals surface area contributed by atoms with Crippen LogP contribution in [0.25, 0.3) is 0 Å². The zero-order valence-electron chi connectivity index (χ0n) is 16.9. The van der Waals surface area contributed by atoms with Crippen LogP contribution in [0.1, 0.15) is 48.6 Å². The first-order chi connectivity index (χ1) is 12.1. The van der Waals surface area contributed by atoms with Gasteiger partial charge in [-0.1, -0.05) is 5.92 Å². The largest absolute Gasteiger partial charge is 0.444 e. The molecule has 1 aromatic carbocycles. The van der Waals surface area contributed by atoms with Gasteiger partial charge in [-0.25, -0.2) is 4.79 Å². The molecule has 5 heteroatoms. The number of terminal acetylenes is 1. The molecule has 1 saturated heterocycles. The summed E-state index contributed by atoms with van der Waals surface area (Å²) in [6, 6.07) is 0. The maximum Gasteiger partial charge on any atom is 0.410 e. The number of piperazine rings is 1. The first-order valence-corrected chi connectivity index (χ1v) is 9.12. The van der Waals surface area contributed by atoms with Crippen molar-refractivity contribution in [2.75, 3.05) is 31.1 Å². The van der Waals surface area contributed by atoms with Crippen molar-refractivity contribution in [2.24, 2.45) is 5.73 Å². The predicted molar refractivity (Wildman–Crippen MR) is 106 cm³/mol. The standard InChI is InChI=1S/C21H31N3O2/c1-8-17-14(2)18(13-22)16(4)19(15(17)3)23-9-11-24(12-10-23)20(25)26-21(5,6)7/h1H,9-13,22H2,2-7H3. The van der Waals surface area contributed by atoms with Gasteiger partial charge in [0, 0.05) is 44.0 Å². The van der Waals surface area contributed by atoms with Crippen molar-refractivity contribution in [1.29, 1.82) is 0 Å². The molecule has 1 amide bonds. The highest BCUT2D eigenvalue weighted by Gasteiger charge is 2.28. The molecular weight excluding hydrogens is 326 g/mol. The smallest absolute Gasteiger partial charge is 0.410 e. The quantitative estimate of drug-likeness (QED) is 0.826. The van der Waals surface area contributed by atoms with Gasteiger partial charge in [-0.05, 0) is 63.8 Å². The summed E-state index contributed by atoms with van der Waals surface area (Å²) in [5.41, 5.74) is 12.1. The molecular formula is C21H31N3O2. The van der Waals surface area contributed by atoms with Gasteiger partial charge < -0.3 is 20.3 Å². The molecule has 0 unspecified atom stereocenters. The lowest BCUT2D eigenvalue weighted by molar-refractivity contribution is 0.0240. The summed E-state index contributed by atoms with van der Waals surface area (Å²) in [5, 5.41) is 0. The maximum atomic E-state index is 12.3. The minimum Gasteiger partial charge on any atom is -0.444 e. The molecule has 2 N–H and O–H groups in total. The van der Waals surface area contributed by atoms with Crippen LogP contribution >= 0.6 is 0 Å². The van der Waals surface area contributed by atoms with Gasteiger partial charge in [-0.15, -0.1) is 6.42 Å². The fourth-order valence-electron chi connectivity index (χ4n) is 3.69. The summed E-state index contributed by atoms with van der Waals surface area (Å²) in [5.74, 6) is 2.83. The molecule has 0 saturated carbocycles. The fraction of sp³-hybridized carbons (Fsp3) is 0.571. The molecule has 2 rings (SSSR count). The molecule has 1 aliphatic heterocycles. The average Bonchev–Trinajstić information content (AvgIpc) is 2.54. The lowest BCUT2D eigenvalue weighted by Gasteiger charge is -2.38. The van der Waals surface area contributed by atoms with Gasteiger partial charge in [0.1, 0.15) is 5.60 Å². The third-order valence-corrected chi connectivity index (χ3v) is 4.96. The van der Waals surface area contributed by atoms with E-state index in [0.29, 0.717) is 19.6 Å². The van der Waals surface area contributed by atoms with E-state index in [9.17, 15) is 4.79 Å². The Morgan fingerprint density at radius 1 is 1.12 bits per heavy atom. The van der Waals surface area contributed by atoms with E-state index in [1.165, 1.54) is 5.56 Å². The number of carbonyl (C=O) groups excluding carboxylic acids is 1. The second kappa shape index (κ2) is 7.59. The van der Waals surface area contributed by atoms with Gasteiger partial charge in [0.2, 0.25) is 0 Å². The SMILES string of the molecule is C#Cc1c(C)c(CN)c(C)c(N2CCN(C(=O)OC(C)(C)C)CC2)c1C. The second-order valence-corrected chi connectivity index (χ2v) is 7.88. The maximum absolute atomic E-state index is 12.3. The molecule has 0 aromatic heterocycles. The molecule has 142 valence electrons. The van der Waals surface area contributed by atoms with Crippen molar-refractivity contribution >= 4 is 11.8 Å².